The Morgan fingerprint density at radius 2 is 1.79 bits per heavy atom. The summed E-state index contributed by atoms with van der Waals surface area (Å²) in [5, 5.41) is 2.73. The molecule has 6 nitrogen and oxygen atoms in total. The van der Waals surface area contributed by atoms with E-state index in [9.17, 15) is 14.4 Å². The van der Waals surface area contributed by atoms with Crippen LogP contribution in [0.5, 0.6) is 0 Å². The van der Waals surface area contributed by atoms with Crippen LogP contribution in [0, 0.1) is 6.92 Å². The number of hydrogen-bond acceptors (Lipinski definition) is 4. The number of urea groups is 1. The third-order valence-electron chi connectivity index (χ3n) is 6.57. The van der Waals surface area contributed by atoms with E-state index in [2.05, 4.69) is 44.1 Å². The summed E-state index contributed by atoms with van der Waals surface area (Å²) in [6, 6.07) is 7.70. The molecule has 0 aliphatic carbocycles. The third-order valence-corrected chi connectivity index (χ3v) is 7.11. The number of rotatable bonds is 2. The van der Waals surface area contributed by atoms with Crippen molar-refractivity contribution in [1.82, 2.24) is 5.32 Å². The van der Waals surface area contributed by atoms with E-state index in [1.807, 2.05) is 13.0 Å². The maximum Gasteiger partial charge on any atom is 0.335 e. The molecule has 2 aliphatic rings. The number of fused-ring (bicyclic) bond motifs is 1. The van der Waals surface area contributed by atoms with Gasteiger partial charge in [0, 0.05) is 23.3 Å². The van der Waals surface area contributed by atoms with Crippen molar-refractivity contribution in [3.63, 3.8) is 0 Å². The van der Waals surface area contributed by atoms with Crippen LogP contribution in [0.15, 0.2) is 35.9 Å². The number of carbonyl (C=O) groups is 3. The molecule has 1 saturated heterocycles. The highest BCUT2D eigenvalue weighted by Gasteiger charge is 2.38. The smallest absolute Gasteiger partial charge is 0.335 e. The van der Waals surface area contributed by atoms with Gasteiger partial charge in [0.05, 0.1) is 10.7 Å². The molecule has 1 N–H and O–H groups in total. The molecule has 0 saturated carbocycles. The molecule has 0 bridgehead atoms. The second-order valence-corrected chi connectivity index (χ2v) is 10.1. The normalized spacial score (nSPS) is 21.4. The number of hydrogen-bond donors (Lipinski definition) is 1. The van der Waals surface area contributed by atoms with Crippen molar-refractivity contribution in [1.29, 1.82) is 0 Å². The van der Waals surface area contributed by atoms with Crippen molar-refractivity contribution in [3.8, 4) is 0 Å². The van der Waals surface area contributed by atoms with Crippen LogP contribution in [0.1, 0.15) is 49.8 Å². The minimum absolute atomic E-state index is 0.0246. The van der Waals surface area contributed by atoms with Crippen LogP contribution in [0.25, 0.3) is 6.08 Å². The van der Waals surface area contributed by atoms with Crippen molar-refractivity contribution in [2.75, 3.05) is 16.8 Å². The Labute approximate surface area is 203 Å². The van der Waals surface area contributed by atoms with E-state index in [0.29, 0.717) is 10.9 Å². The summed E-state index contributed by atoms with van der Waals surface area (Å²) < 4.78 is 0. The highest BCUT2D eigenvalue weighted by molar-refractivity contribution is 6.42. The number of anilines is 2. The van der Waals surface area contributed by atoms with Crippen LogP contribution < -0.4 is 15.1 Å². The van der Waals surface area contributed by atoms with Crippen LogP contribution in [0.3, 0.4) is 0 Å². The van der Waals surface area contributed by atoms with Gasteiger partial charge in [0.1, 0.15) is 5.57 Å². The first-order valence-corrected chi connectivity index (χ1v) is 11.4. The summed E-state index contributed by atoms with van der Waals surface area (Å²) in [5.41, 5.74) is 4.02. The molecule has 8 heteroatoms. The number of nitrogens with one attached hydrogen (secondary N) is 1. The second-order valence-electron chi connectivity index (χ2n) is 9.30. The van der Waals surface area contributed by atoms with E-state index >= 15 is 0 Å². The molecular weight excluding hydrogens is 461 g/mol. The number of halogens is 2. The lowest BCUT2D eigenvalue weighted by Gasteiger charge is -2.45. The number of imide groups is 2. The number of carbonyl (C=O) groups excluding carboxylic acids is 3. The van der Waals surface area contributed by atoms with Gasteiger partial charge in [-0.15, -0.1) is 0 Å². The molecule has 33 heavy (non-hydrogen) atoms. The molecule has 0 spiro atoms. The quantitative estimate of drug-likeness (QED) is 0.438. The number of aryl methyl sites for hydroxylation is 1. The SMILES string of the molecule is Cc1cc2c(cc1/C=C1\C(=O)NC(=O)N(c3ccc(Cl)cc3Cl)C1=O)[C@H](C)CC(C)(C)N2C. The van der Waals surface area contributed by atoms with Gasteiger partial charge in [-0.1, -0.05) is 30.1 Å². The second kappa shape index (κ2) is 8.19. The van der Waals surface area contributed by atoms with Crippen LogP contribution in [0.4, 0.5) is 16.2 Å². The zero-order chi connectivity index (χ0) is 24.2. The zero-order valence-electron chi connectivity index (χ0n) is 19.1. The van der Waals surface area contributed by atoms with Gasteiger partial charge in [-0.2, -0.15) is 0 Å². The fourth-order valence-electron chi connectivity index (χ4n) is 4.58. The van der Waals surface area contributed by atoms with E-state index in [1.165, 1.54) is 18.2 Å². The first-order valence-electron chi connectivity index (χ1n) is 10.7. The fraction of sp³-hybridized carbons (Fsp3) is 0.320. The lowest BCUT2D eigenvalue weighted by molar-refractivity contribution is -0.122. The Balaban J connectivity index is 1.78. The molecular formula is C25H25Cl2N3O3. The number of benzene rings is 2. The predicted octanol–water partition coefficient (Wildman–Crippen LogP) is 5.69. The van der Waals surface area contributed by atoms with Crippen molar-refractivity contribution in [2.45, 2.75) is 45.6 Å². The maximum absolute atomic E-state index is 13.3. The summed E-state index contributed by atoms with van der Waals surface area (Å²) in [6.45, 7) is 8.56. The highest BCUT2D eigenvalue weighted by Crippen LogP contribution is 2.43. The molecule has 1 atom stereocenters. The van der Waals surface area contributed by atoms with Crippen LogP contribution in [-0.2, 0) is 9.59 Å². The Kier molecular flexibility index (Phi) is 5.79. The molecule has 0 unspecified atom stereocenters. The van der Waals surface area contributed by atoms with Gasteiger partial charge in [0.2, 0.25) is 0 Å². The number of nitrogens with zero attached hydrogens (tertiary/aromatic N) is 2. The first-order chi connectivity index (χ1) is 15.4. The molecule has 4 amide bonds. The summed E-state index contributed by atoms with van der Waals surface area (Å²) in [5.74, 6) is -1.17. The standard InChI is InChI=1S/C25H25Cl2N3O3/c1-13-8-21-17(14(2)12-25(3,4)29(21)5)9-15(13)10-18-22(31)28-24(33)30(23(18)32)20-7-6-16(26)11-19(20)27/h6-11,14H,12H2,1-5H3,(H,28,31,33)/b18-10+/t14-/m1/s1. The van der Waals surface area contributed by atoms with Crippen molar-refractivity contribution in [3.05, 3.63) is 62.6 Å². The molecule has 4 rings (SSSR count). The molecule has 2 aliphatic heterocycles. The summed E-state index contributed by atoms with van der Waals surface area (Å²) in [7, 11) is 2.08. The monoisotopic (exact) mass is 485 g/mol. The Morgan fingerprint density at radius 3 is 2.45 bits per heavy atom. The van der Waals surface area contributed by atoms with E-state index in [4.69, 9.17) is 23.2 Å². The van der Waals surface area contributed by atoms with E-state index < -0.39 is 17.8 Å². The minimum atomic E-state index is -0.856. The predicted molar refractivity (Wildman–Crippen MR) is 132 cm³/mol. The summed E-state index contributed by atoms with van der Waals surface area (Å²) >= 11 is 12.2. The fourth-order valence-corrected chi connectivity index (χ4v) is 5.08. The van der Waals surface area contributed by atoms with Gasteiger partial charge in [-0.25, -0.2) is 9.69 Å². The van der Waals surface area contributed by atoms with Gasteiger partial charge >= 0.3 is 6.03 Å². The molecule has 2 aromatic carbocycles. The average Bonchev–Trinajstić information content (AvgIpc) is 2.71. The number of barbiturate groups is 1. The van der Waals surface area contributed by atoms with E-state index in [-0.39, 0.29) is 21.8 Å². The lowest BCUT2D eigenvalue weighted by Crippen LogP contribution is -2.54. The Hall–Kier alpha value is -2.83. The third kappa shape index (κ3) is 4.02. The minimum Gasteiger partial charge on any atom is -0.369 e. The van der Waals surface area contributed by atoms with Crippen LogP contribution in [0.2, 0.25) is 10.0 Å². The average molecular weight is 486 g/mol. The zero-order valence-corrected chi connectivity index (χ0v) is 20.6. The van der Waals surface area contributed by atoms with Gasteiger partial charge in [0.15, 0.2) is 0 Å². The maximum atomic E-state index is 13.3. The molecule has 172 valence electrons. The van der Waals surface area contributed by atoms with Gasteiger partial charge in [0.25, 0.3) is 11.8 Å². The van der Waals surface area contributed by atoms with Gasteiger partial charge in [-0.05, 0) is 86.2 Å². The largest absolute Gasteiger partial charge is 0.369 e. The molecule has 2 aromatic rings. The topological polar surface area (TPSA) is 69.7 Å². The van der Waals surface area contributed by atoms with Crippen molar-refractivity contribution < 1.29 is 14.4 Å². The van der Waals surface area contributed by atoms with E-state index in [0.717, 1.165) is 33.7 Å². The van der Waals surface area contributed by atoms with Gasteiger partial charge in [-0.3, -0.25) is 14.9 Å². The lowest BCUT2D eigenvalue weighted by atomic mass is 9.79. The molecule has 1 fully saturated rings. The highest BCUT2D eigenvalue weighted by atomic mass is 35.5. The molecule has 0 radical (unpaired) electrons. The Morgan fingerprint density at radius 1 is 1.09 bits per heavy atom. The molecule has 2 heterocycles. The Bertz CT molecular complexity index is 1240. The van der Waals surface area contributed by atoms with Crippen LogP contribution in [-0.4, -0.2) is 30.4 Å². The van der Waals surface area contributed by atoms with Crippen LogP contribution >= 0.6 is 23.2 Å². The van der Waals surface area contributed by atoms with Crippen molar-refractivity contribution in [2.24, 2.45) is 0 Å². The van der Waals surface area contributed by atoms with E-state index in [1.54, 1.807) is 6.08 Å². The van der Waals surface area contributed by atoms with Crippen molar-refractivity contribution >= 4 is 58.5 Å². The molecule has 0 aromatic heterocycles. The first kappa shape index (κ1) is 23.3. The van der Waals surface area contributed by atoms with Gasteiger partial charge < -0.3 is 4.90 Å². The summed E-state index contributed by atoms with van der Waals surface area (Å²) in [4.78, 5) is 41.5. The number of amides is 4. The summed E-state index contributed by atoms with van der Waals surface area (Å²) in [6.07, 6.45) is 2.52.